The monoisotopic (exact) mass is 487 g/mol. The molecule has 180 valence electrons. The fourth-order valence-electron chi connectivity index (χ4n) is 3.93. The van der Waals surface area contributed by atoms with Crippen molar-refractivity contribution in [3.63, 3.8) is 0 Å². The third-order valence-electron chi connectivity index (χ3n) is 5.77. The second-order valence-corrected chi connectivity index (χ2v) is 9.33. The number of hydrogen-bond acceptors (Lipinski definition) is 4. The Morgan fingerprint density at radius 1 is 1.00 bits per heavy atom. The number of nitrogens with one attached hydrogen (secondary N) is 2. The first-order chi connectivity index (χ1) is 17.0. The van der Waals surface area contributed by atoms with E-state index in [2.05, 4.69) is 33.5 Å². The van der Waals surface area contributed by atoms with E-state index in [9.17, 15) is 9.59 Å². The number of ether oxygens (including phenoxy) is 1. The molecule has 35 heavy (non-hydrogen) atoms. The molecule has 0 radical (unpaired) electrons. The lowest BCUT2D eigenvalue weighted by Gasteiger charge is -2.10. The molecule has 1 aromatic heterocycles. The molecule has 0 aliphatic heterocycles. The van der Waals surface area contributed by atoms with E-state index in [0.29, 0.717) is 30.2 Å². The molecule has 0 unspecified atom stereocenters. The summed E-state index contributed by atoms with van der Waals surface area (Å²) in [5.41, 5.74) is 4.58. The molecule has 0 spiro atoms. The number of para-hydroxylation sites is 2. The molecule has 0 fully saturated rings. The second-order valence-electron chi connectivity index (χ2n) is 8.32. The summed E-state index contributed by atoms with van der Waals surface area (Å²) in [6, 6.07) is 21.3. The molecular weight excluding hydrogens is 458 g/mol. The highest BCUT2D eigenvalue weighted by Crippen LogP contribution is 2.30. The topological polar surface area (TPSA) is 72.4 Å². The molecule has 0 bridgehead atoms. The number of anilines is 1. The molecule has 0 atom stereocenters. The van der Waals surface area contributed by atoms with Gasteiger partial charge in [0.2, 0.25) is 5.91 Å². The first-order valence-electron chi connectivity index (χ1n) is 11.4. The Hall–Kier alpha value is -3.71. The van der Waals surface area contributed by atoms with Crippen molar-refractivity contribution < 1.29 is 14.3 Å². The summed E-state index contributed by atoms with van der Waals surface area (Å²) >= 11 is 1.51. The van der Waals surface area contributed by atoms with Gasteiger partial charge in [-0.05, 0) is 49.2 Å². The van der Waals surface area contributed by atoms with E-state index in [-0.39, 0.29) is 11.8 Å². The summed E-state index contributed by atoms with van der Waals surface area (Å²) < 4.78 is 7.40. The van der Waals surface area contributed by atoms with Gasteiger partial charge in [-0.3, -0.25) is 9.59 Å². The van der Waals surface area contributed by atoms with E-state index in [1.165, 1.54) is 11.8 Å². The van der Waals surface area contributed by atoms with Crippen LogP contribution < -0.4 is 15.4 Å². The van der Waals surface area contributed by atoms with Crippen molar-refractivity contribution in [1.82, 2.24) is 9.88 Å². The van der Waals surface area contributed by atoms with Crippen molar-refractivity contribution in [2.45, 2.75) is 25.3 Å². The van der Waals surface area contributed by atoms with Crippen LogP contribution in [0.3, 0.4) is 0 Å². The van der Waals surface area contributed by atoms with E-state index in [1.54, 1.807) is 19.2 Å². The minimum atomic E-state index is -0.170. The number of hydrogen-bond donors (Lipinski definition) is 2. The summed E-state index contributed by atoms with van der Waals surface area (Å²) in [6.07, 6.45) is 2.05. The molecule has 3 aromatic carbocycles. The Bertz CT molecular complexity index is 1360. The quantitative estimate of drug-likeness (QED) is 0.309. The first kappa shape index (κ1) is 24.4. The average Bonchev–Trinajstić information content (AvgIpc) is 3.22. The highest BCUT2D eigenvalue weighted by Gasteiger charge is 2.13. The van der Waals surface area contributed by atoms with Gasteiger partial charge in [-0.25, -0.2) is 0 Å². The van der Waals surface area contributed by atoms with Gasteiger partial charge in [0.05, 0.1) is 18.4 Å². The van der Waals surface area contributed by atoms with E-state index in [1.807, 2.05) is 56.3 Å². The van der Waals surface area contributed by atoms with Crippen LogP contribution in [0.5, 0.6) is 5.75 Å². The molecule has 0 aliphatic rings. The number of rotatable bonds is 9. The smallest absolute Gasteiger partial charge is 0.255 e. The Morgan fingerprint density at radius 2 is 1.77 bits per heavy atom. The van der Waals surface area contributed by atoms with Crippen molar-refractivity contribution in [1.29, 1.82) is 0 Å². The SMILES string of the molecule is COc1ccccc1C(=O)NCCn1cc(SCC(=O)Nc2cc(C)ccc2C)c2ccccc21. The molecule has 7 heteroatoms. The number of thioether (sulfide) groups is 1. The van der Waals surface area contributed by atoms with Crippen molar-refractivity contribution in [3.8, 4) is 5.75 Å². The first-order valence-corrected chi connectivity index (χ1v) is 12.4. The minimum absolute atomic E-state index is 0.0374. The van der Waals surface area contributed by atoms with Gasteiger partial charge < -0.3 is 19.9 Å². The molecule has 0 saturated heterocycles. The number of carbonyl (C=O) groups is 2. The fourth-order valence-corrected chi connectivity index (χ4v) is 4.82. The third kappa shape index (κ3) is 5.87. The average molecular weight is 488 g/mol. The zero-order valence-electron chi connectivity index (χ0n) is 20.1. The van der Waals surface area contributed by atoms with Crippen LogP contribution in [0.25, 0.3) is 10.9 Å². The normalized spacial score (nSPS) is 10.8. The summed E-state index contributed by atoms with van der Waals surface area (Å²) in [5, 5.41) is 7.09. The van der Waals surface area contributed by atoms with Crippen LogP contribution in [-0.4, -0.2) is 35.8 Å². The Balaban J connectivity index is 1.40. The molecule has 4 aromatic rings. The largest absolute Gasteiger partial charge is 0.496 e. The number of carbonyl (C=O) groups excluding carboxylic acids is 2. The lowest BCUT2D eigenvalue weighted by molar-refractivity contribution is -0.113. The number of aromatic nitrogens is 1. The van der Waals surface area contributed by atoms with Crippen LogP contribution in [0.2, 0.25) is 0 Å². The molecule has 2 amide bonds. The number of aryl methyl sites for hydroxylation is 2. The summed E-state index contributed by atoms with van der Waals surface area (Å²) in [6.45, 7) is 5.07. The number of fused-ring (bicyclic) bond motifs is 1. The van der Waals surface area contributed by atoms with Gasteiger partial charge in [-0.15, -0.1) is 11.8 Å². The van der Waals surface area contributed by atoms with E-state index in [0.717, 1.165) is 32.6 Å². The molecule has 4 rings (SSSR count). The summed E-state index contributed by atoms with van der Waals surface area (Å²) in [4.78, 5) is 26.3. The van der Waals surface area contributed by atoms with Gasteiger partial charge in [-0.1, -0.05) is 42.5 Å². The standard InChI is InChI=1S/C28H29N3O3S/c1-19-12-13-20(2)23(16-19)30-27(32)18-35-26-17-31(24-10-6-4-8-21(24)26)15-14-29-28(33)22-9-5-7-11-25(22)34-3/h4-13,16-17H,14-15,18H2,1-3H3,(H,29,33)(H,30,32). The Morgan fingerprint density at radius 3 is 2.60 bits per heavy atom. The van der Waals surface area contributed by atoms with E-state index >= 15 is 0 Å². The highest BCUT2D eigenvalue weighted by atomic mass is 32.2. The van der Waals surface area contributed by atoms with Gasteiger partial charge >= 0.3 is 0 Å². The lowest BCUT2D eigenvalue weighted by Crippen LogP contribution is -2.27. The van der Waals surface area contributed by atoms with Crippen LogP contribution in [-0.2, 0) is 11.3 Å². The van der Waals surface area contributed by atoms with E-state index in [4.69, 9.17) is 4.74 Å². The van der Waals surface area contributed by atoms with Gasteiger partial charge in [0.1, 0.15) is 5.75 Å². The molecule has 0 saturated carbocycles. The Kier molecular flexibility index (Phi) is 7.77. The highest BCUT2D eigenvalue weighted by molar-refractivity contribution is 8.00. The number of benzene rings is 3. The maximum absolute atomic E-state index is 12.6. The van der Waals surface area contributed by atoms with Crippen LogP contribution in [0.1, 0.15) is 21.5 Å². The zero-order chi connectivity index (χ0) is 24.8. The van der Waals surface area contributed by atoms with Crippen molar-refractivity contribution in [2.75, 3.05) is 24.7 Å². The van der Waals surface area contributed by atoms with Crippen LogP contribution in [0, 0.1) is 13.8 Å². The molecule has 2 N–H and O–H groups in total. The predicted octanol–water partition coefficient (Wildman–Crippen LogP) is 5.43. The maximum Gasteiger partial charge on any atom is 0.255 e. The molecule has 6 nitrogen and oxygen atoms in total. The van der Waals surface area contributed by atoms with Gasteiger partial charge in [0, 0.05) is 40.8 Å². The van der Waals surface area contributed by atoms with Crippen LogP contribution in [0.4, 0.5) is 5.69 Å². The zero-order valence-corrected chi connectivity index (χ0v) is 20.9. The molecule has 0 aliphatic carbocycles. The van der Waals surface area contributed by atoms with Crippen LogP contribution >= 0.6 is 11.8 Å². The second kappa shape index (κ2) is 11.1. The molecular formula is C28H29N3O3S. The maximum atomic E-state index is 12.6. The fraction of sp³-hybridized carbons (Fsp3) is 0.214. The summed E-state index contributed by atoms with van der Waals surface area (Å²) in [5.74, 6) is 0.654. The van der Waals surface area contributed by atoms with Gasteiger partial charge in [0.25, 0.3) is 5.91 Å². The number of amides is 2. The van der Waals surface area contributed by atoms with Crippen molar-refractivity contribution in [2.24, 2.45) is 0 Å². The predicted molar refractivity (Wildman–Crippen MR) is 143 cm³/mol. The van der Waals surface area contributed by atoms with Gasteiger partial charge in [-0.2, -0.15) is 0 Å². The minimum Gasteiger partial charge on any atom is -0.496 e. The summed E-state index contributed by atoms with van der Waals surface area (Å²) in [7, 11) is 1.56. The van der Waals surface area contributed by atoms with Crippen molar-refractivity contribution >= 4 is 40.2 Å². The third-order valence-corrected chi connectivity index (χ3v) is 6.81. The van der Waals surface area contributed by atoms with Gasteiger partial charge in [0.15, 0.2) is 0 Å². The van der Waals surface area contributed by atoms with E-state index < -0.39 is 0 Å². The molecule has 1 heterocycles. The Labute approximate surface area is 209 Å². The van der Waals surface area contributed by atoms with Crippen LogP contribution in [0.15, 0.2) is 77.8 Å². The lowest BCUT2D eigenvalue weighted by atomic mass is 10.1. The number of nitrogens with zero attached hydrogens (tertiary/aromatic N) is 1. The number of methoxy groups -OCH3 is 1. The van der Waals surface area contributed by atoms with Crippen molar-refractivity contribution in [3.05, 3.63) is 89.6 Å².